The van der Waals surface area contributed by atoms with Gasteiger partial charge >= 0.3 is 0 Å². The molecule has 1 saturated heterocycles. The third-order valence-electron chi connectivity index (χ3n) is 11.4. The lowest BCUT2D eigenvalue weighted by Crippen LogP contribution is -2.74. The van der Waals surface area contributed by atoms with E-state index in [9.17, 15) is 10.1 Å². The first kappa shape index (κ1) is 37.5. The molecule has 2 aliphatic rings. The summed E-state index contributed by atoms with van der Waals surface area (Å²) in [5.74, 6) is -0.776. The molecule has 7 aromatic rings. The molecule has 0 spiro atoms. The van der Waals surface area contributed by atoms with Crippen molar-refractivity contribution in [1.82, 2.24) is 0 Å². The molecule has 1 fully saturated rings. The standard InChI is InChI=1S/C26H24N2O4.C24H20B/c1-26(2)31-16-24(25(32-26)17-9-11-21(12-10-17)28(29)30)18-7-8-20-15-27-14-19-5-3-4-6-22(19)23(20)13-18;1-5-13-21(14-6-1)25(22-15-7-2-8-16-22,23-17-9-3-10-18-23)24-19-11-4-12-20-24/h3-14,24-25H,15-16H2,1-2H3;1-20H/q;-1/p+1/t24-,25-;/m1./s1. The molecule has 2 aliphatic heterocycles. The lowest BCUT2D eigenvalue weighted by atomic mass is 9.13. The minimum atomic E-state index is -1.22. The van der Waals surface area contributed by atoms with Crippen LogP contribution in [0.4, 0.5) is 5.69 Å². The van der Waals surface area contributed by atoms with E-state index in [0.717, 1.165) is 23.2 Å². The van der Waals surface area contributed by atoms with Gasteiger partial charge in [-0.3, -0.25) is 10.1 Å². The summed E-state index contributed by atoms with van der Waals surface area (Å²) in [5, 5.41) is 11.1. The Morgan fingerprint density at radius 1 is 0.614 bits per heavy atom. The van der Waals surface area contributed by atoms with E-state index in [1.807, 2.05) is 19.9 Å². The third kappa shape index (κ3) is 7.73. The molecule has 0 radical (unpaired) electrons. The highest BCUT2D eigenvalue weighted by Crippen LogP contribution is 2.44. The SMILES string of the molecule is CC1(C)OC[C@H](c2ccc3c(c2)-c2ccccc2C=[NH+]C3)[C@@H](c2ccc([N+](=O)[O-])cc2)O1.c1ccc([B-](c2ccccc2)(c2ccccc2)c2ccccc2)cc1. The summed E-state index contributed by atoms with van der Waals surface area (Å²) >= 11 is 0. The maximum Gasteiger partial charge on any atom is 0.269 e. The molecule has 0 bridgehead atoms. The zero-order chi connectivity index (χ0) is 39.2. The number of hydrogen-bond acceptors (Lipinski definition) is 4. The van der Waals surface area contributed by atoms with E-state index < -0.39 is 11.9 Å². The molecule has 0 aliphatic carbocycles. The number of ether oxygens (including phenoxy) is 2. The largest absolute Gasteiger partial charge is 0.350 e. The van der Waals surface area contributed by atoms with Gasteiger partial charge in [0, 0.05) is 29.2 Å². The fourth-order valence-electron chi connectivity index (χ4n) is 8.65. The molecule has 7 aromatic carbocycles. The second-order valence-corrected chi connectivity index (χ2v) is 15.2. The maximum atomic E-state index is 11.1. The zero-order valence-corrected chi connectivity index (χ0v) is 32.2. The number of nitrogens with one attached hydrogen (secondary N) is 1. The highest BCUT2D eigenvalue weighted by atomic mass is 16.7. The van der Waals surface area contributed by atoms with Crippen LogP contribution in [0.1, 0.15) is 48.1 Å². The van der Waals surface area contributed by atoms with Crippen LogP contribution >= 0.6 is 0 Å². The van der Waals surface area contributed by atoms with Crippen LogP contribution < -0.4 is 26.8 Å². The van der Waals surface area contributed by atoms with Crippen molar-refractivity contribution in [2.75, 3.05) is 6.61 Å². The molecule has 6 nitrogen and oxygen atoms in total. The lowest BCUT2D eigenvalue weighted by Gasteiger charge is -2.44. The average Bonchev–Trinajstić information content (AvgIpc) is 3.45. The summed E-state index contributed by atoms with van der Waals surface area (Å²) in [6, 6.07) is 65.1. The van der Waals surface area contributed by atoms with Gasteiger partial charge in [-0.05, 0) is 54.3 Å². The highest BCUT2D eigenvalue weighted by molar-refractivity contribution is 7.19. The van der Waals surface area contributed by atoms with Crippen molar-refractivity contribution >= 4 is 39.9 Å². The number of fused-ring (bicyclic) bond motifs is 3. The number of rotatable bonds is 7. The molecule has 7 heteroatoms. The van der Waals surface area contributed by atoms with Gasteiger partial charge in [-0.2, -0.15) is 21.9 Å². The van der Waals surface area contributed by atoms with Crippen molar-refractivity contribution in [2.24, 2.45) is 0 Å². The fraction of sp³-hybridized carbons (Fsp3) is 0.140. The molecular weight excluding hydrogens is 703 g/mol. The second-order valence-electron chi connectivity index (χ2n) is 15.2. The summed E-state index contributed by atoms with van der Waals surface area (Å²) in [6.45, 7) is 5.06. The fourth-order valence-corrected chi connectivity index (χ4v) is 8.65. The summed E-state index contributed by atoms with van der Waals surface area (Å²) in [5.41, 5.74) is 12.2. The van der Waals surface area contributed by atoms with Gasteiger partial charge in [0.15, 0.2) is 18.5 Å². The molecular formula is C50H45BN2O4. The Hall–Kier alpha value is -6.41. The molecule has 9 rings (SSSR count). The van der Waals surface area contributed by atoms with Crippen LogP contribution in [0.15, 0.2) is 188 Å². The molecule has 1 N–H and O–H groups in total. The van der Waals surface area contributed by atoms with Crippen LogP contribution in [0.5, 0.6) is 0 Å². The van der Waals surface area contributed by atoms with Crippen LogP contribution in [0, 0.1) is 10.1 Å². The van der Waals surface area contributed by atoms with Crippen LogP contribution in [0.2, 0.25) is 0 Å². The minimum Gasteiger partial charge on any atom is -0.350 e. The zero-order valence-electron chi connectivity index (χ0n) is 32.2. The van der Waals surface area contributed by atoms with Gasteiger partial charge in [0.1, 0.15) is 6.15 Å². The first-order valence-electron chi connectivity index (χ1n) is 19.6. The predicted octanol–water partition coefficient (Wildman–Crippen LogP) is 6.95. The molecule has 0 saturated carbocycles. The number of nitro benzene ring substituents is 1. The van der Waals surface area contributed by atoms with Crippen molar-refractivity contribution < 1.29 is 19.4 Å². The predicted molar refractivity (Wildman–Crippen MR) is 231 cm³/mol. The smallest absolute Gasteiger partial charge is 0.269 e. The Morgan fingerprint density at radius 3 is 1.63 bits per heavy atom. The second kappa shape index (κ2) is 16.4. The van der Waals surface area contributed by atoms with Gasteiger partial charge in [0.2, 0.25) is 0 Å². The number of nitrogens with zero attached hydrogens (tertiary/aromatic N) is 1. The van der Waals surface area contributed by atoms with Gasteiger partial charge in [0.05, 0.1) is 17.6 Å². The van der Waals surface area contributed by atoms with Crippen molar-refractivity contribution in [2.45, 2.75) is 38.2 Å². The van der Waals surface area contributed by atoms with Gasteiger partial charge < -0.3 is 9.47 Å². The van der Waals surface area contributed by atoms with E-state index in [0.29, 0.717) is 6.61 Å². The normalized spacial score (nSPS) is 16.9. The Kier molecular flexibility index (Phi) is 10.8. The average molecular weight is 749 g/mol. The Morgan fingerprint density at radius 2 is 1.11 bits per heavy atom. The van der Waals surface area contributed by atoms with Crippen LogP contribution in [-0.4, -0.2) is 29.7 Å². The van der Waals surface area contributed by atoms with Crippen molar-refractivity contribution in [3.8, 4) is 11.1 Å². The van der Waals surface area contributed by atoms with E-state index in [4.69, 9.17) is 9.47 Å². The van der Waals surface area contributed by atoms with Gasteiger partial charge in [0.25, 0.3) is 5.69 Å². The highest BCUT2D eigenvalue weighted by Gasteiger charge is 2.39. The Labute approximate surface area is 334 Å². The number of hydrogen-bond donors (Lipinski definition) is 1. The molecule has 2 atom stereocenters. The summed E-state index contributed by atoms with van der Waals surface area (Å²) in [6.07, 6.45) is 0.569. The van der Waals surface area contributed by atoms with E-state index >= 15 is 0 Å². The molecule has 0 unspecified atom stereocenters. The maximum absolute atomic E-state index is 11.1. The third-order valence-corrected chi connectivity index (χ3v) is 11.4. The van der Waals surface area contributed by atoms with E-state index in [1.54, 1.807) is 12.1 Å². The molecule has 0 amide bonds. The van der Waals surface area contributed by atoms with Crippen molar-refractivity contribution in [3.05, 3.63) is 220 Å². The molecule has 57 heavy (non-hydrogen) atoms. The van der Waals surface area contributed by atoms with Gasteiger partial charge in [-0.15, -0.1) is 0 Å². The number of nitro groups is 1. The lowest BCUT2D eigenvalue weighted by molar-refractivity contribution is -0.469. The van der Waals surface area contributed by atoms with Gasteiger partial charge in [-0.25, -0.2) is 4.99 Å². The number of non-ortho nitro benzene ring substituents is 1. The summed E-state index contributed by atoms with van der Waals surface area (Å²) in [4.78, 5) is 14.1. The molecule has 2 heterocycles. The van der Waals surface area contributed by atoms with E-state index in [2.05, 4.69) is 169 Å². The monoisotopic (exact) mass is 748 g/mol. The number of benzene rings is 7. The van der Waals surface area contributed by atoms with Crippen LogP contribution in [0.25, 0.3) is 11.1 Å². The minimum absolute atomic E-state index is 0.0397. The Balaban J connectivity index is 0.000000165. The van der Waals surface area contributed by atoms with Crippen LogP contribution in [0.3, 0.4) is 0 Å². The van der Waals surface area contributed by atoms with E-state index in [-0.39, 0.29) is 22.6 Å². The summed E-state index contributed by atoms with van der Waals surface area (Å²) < 4.78 is 12.4. The molecule has 282 valence electrons. The van der Waals surface area contributed by atoms with Gasteiger partial charge in [-0.1, -0.05) is 158 Å². The first-order chi connectivity index (χ1) is 27.8. The quantitative estimate of drug-likeness (QED) is 0.109. The van der Waals surface area contributed by atoms with E-state index in [1.165, 1.54) is 50.7 Å². The van der Waals surface area contributed by atoms with Crippen LogP contribution in [-0.2, 0) is 16.0 Å². The topological polar surface area (TPSA) is 75.6 Å². The first-order valence-corrected chi connectivity index (χ1v) is 19.6. The van der Waals surface area contributed by atoms with Crippen molar-refractivity contribution in [1.29, 1.82) is 0 Å². The summed E-state index contributed by atoms with van der Waals surface area (Å²) in [7, 11) is 0. The Bertz CT molecular complexity index is 2310. The molecule has 0 aromatic heterocycles. The van der Waals surface area contributed by atoms with Crippen molar-refractivity contribution in [3.63, 3.8) is 0 Å².